The van der Waals surface area contributed by atoms with Crippen LogP contribution in [0.25, 0.3) is 10.9 Å². The van der Waals surface area contributed by atoms with Crippen LogP contribution >= 0.6 is 0 Å². The molecule has 0 bridgehead atoms. The normalized spacial score (nSPS) is 14.3. The standard InChI is InChI=1S/C18H21NO2/c1-11(2)21-18(20)17-13-6-4-5-7-15(13)19-16-9-8-12(3)10-14(16)17/h8-11H,4-7H2,1-3H3. The molecule has 0 radical (unpaired) electrons. The highest BCUT2D eigenvalue weighted by Crippen LogP contribution is 2.30. The van der Waals surface area contributed by atoms with Crippen molar-refractivity contribution in [2.45, 2.75) is 52.6 Å². The molecule has 3 rings (SSSR count). The summed E-state index contributed by atoms with van der Waals surface area (Å²) in [4.78, 5) is 17.4. The smallest absolute Gasteiger partial charge is 0.339 e. The maximum absolute atomic E-state index is 12.6. The van der Waals surface area contributed by atoms with E-state index in [0.717, 1.165) is 59.0 Å². The maximum Gasteiger partial charge on any atom is 0.339 e. The Kier molecular flexibility index (Phi) is 3.66. The summed E-state index contributed by atoms with van der Waals surface area (Å²) in [5, 5.41) is 0.932. The van der Waals surface area contributed by atoms with Crippen LogP contribution in [0.2, 0.25) is 0 Å². The Morgan fingerprint density at radius 2 is 2.00 bits per heavy atom. The van der Waals surface area contributed by atoms with E-state index >= 15 is 0 Å². The van der Waals surface area contributed by atoms with Crippen LogP contribution in [0.5, 0.6) is 0 Å². The first-order chi connectivity index (χ1) is 10.1. The number of aryl methyl sites for hydroxylation is 2. The molecule has 0 fully saturated rings. The zero-order chi connectivity index (χ0) is 15.0. The molecule has 1 aliphatic rings. The van der Waals surface area contributed by atoms with E-state index in [-0.39, 0.29) is 12.1 Å². The predicted molar refractivity (Wildman–Crippen MR) is 83.7 cm³/mol. The first-order valence-corrected chi connectivity index (χ1v) is 7.69. The number of ether oxygens (including phenoxy) is 1. The number of fused-ring (bicyclic) bond motifs is 2. The summed E-state index contributed by atoms with van der Waals surface area (Å²) in [7, 11) is 0. The van der Waals surface area contributed by atoms with E-state index < -0.39 is 0 Å². The van der Waals surface area contributed by atoms with E-state index in [1.165, 1.54) is 0 Å². The Labute approximate surface area is 125 Å². The molecule has 3 nitrogen and oxygen atoms in total. The van der Waals surface area contributed by atoms with Gasteiger partial charge in [-0.05, 0) is 64.2 Å². The van der Waals surface area contributed by atoms with Crippen molar-refractivity contribution in [1.29, 1.82) is 0 Å². The van der Waals surface area contributed by atoms with Gasteiger partial charge in [-0.25, -0.2) is 4.79 Å². The van der Waals surface area contributed by atoms with Gasteiger partial charge in [-0.1, -0.05) is 11.6 Å². The first-order valence-electron chi connectivity index (χ1n) is 7.69. The van der Waals surface area contributed by atoms with Gasteiger partial charge in [0.15, 0.2) is 0 Å². The van der Waals surface area contributed by atoms with Crippen molar-refractivity contribution in [3.05, 3.63) is 40.6 Å². The highest BCUT2D eigenvalue weighted by atomic mass is 16.5. The average Bonchev–Trinajstić information content (AvgIpc) is 2.44. The second kappa shape index (κ2) is 5.47. The predicted octanol–water partition coefficient (Wildman–Crippen LogP) is 3.99. The lowest BCUT2D eigenvalue weighted by molar-refractivity contribution is 0.0378. The topological polar surface area (TPSA) is 39.2 Å². The quantitative estimate of drug-likeness (QED) is 0.782. The summed E-state index contributed by atoms with van der Waals surface area (Å²) in [5.41, 5.74) is 4.96. The Balaban J connectivity index is 2.26. The molecule has 0 amide bonds. The third-order valence-electron chi connectivity index (χ3n) is 3.96. The number of pyridine rings is 1. The van der Waals surface area contributed by atoms with Gasteiger partial charge < -0.3 is 4.74 Å². The number of esters is 1. The molecule has 21 heavy (non-hydrogen) atoms. The van der Waals surface area contributed by atoms with Gasteiger partial charge in [0.1, 0.15) is 0 Å². The molecule has 0 N–H and O–H groups in total. The molecule has 0 atom stereocenters. The van der Waals surface area contributed by atoms with Gasteiger partial charge in [0.25, 0.3) is 0 Å². The molecule has 2 aromatic rings. The summed E-state index contributed by atoms with van der Waals surface area (Å²) >= 11 is 0. The number of benzene rings is 1. The van der Waals surface area contributed by atoms with Gasteiger partial charge in [-0.3, -0.25) is 4.98 Å². The minimum atomic E-state index is -0.207. The van der Waals surface area contributed by atoms with Gasteiger partial charge in [0.05, 0.1) is 17.2 Å². The van der Waals surface area contributed by atoms with Crippen LogP contribution < -0.4 is 0 Å². The van der Waals surface area contributed by atoms with Crippen LogP contribution in [0.1, 0.15) is 53.9 Å². The molecule has 0 saturated heterocycles. The number of rotatable bonds is 2. The maximum atomic E-state index is 12.6. The van der Waals surface area contributed by atoms with Crippen LogP contribution in [-0.4, -0.2) is 17.1 Å². The van der Waals surface area contributed by atoms with Gasteiger partial charge >= 0.3 is 5.97 Å². The number of carbonyl (C=O) groups is 1. The Morgan fingerprint density at radius 3 is 2.76 bits per heavy atom. The highest BCUT2D eigenvalue weighted by molar-refractivity contribution is 6.05. The third-order valence-corrected chi connectivity index (χ3v) is 3.96. The zero-order valence-electron chi connectivity index (χ0n) is 12.9. The second-order valence-corrected chi connectivity index (χ2v) is 6.09. The van der Waals surface area contributed by atoms with E-state index in [9.17, 15) is 4.79 Å². The number of nitrogens with zero attached hydrogens (tertiary/aromatic N) is 1. The Bertz CT molecular complexity index is 704. The second-order valence-electron chi connectivity index (χ2n) is 6.09. The molecule has 3 heteroatoms. The lowest BCUT2D eigenvalue weighted by Gasteiger charge is -2.20. The first kappa shape index (κ1) is 14.1. The molecule has 0 saturated carbocycles. The average molecular weight is 283 g/mol. The molecule has 0 aliphatic heterocycles. The van der Waals surface area contributed by atoms with Crippen LogP contribution in [0.15, 0.2) is 18.2 Å². The van der Waals surface area contributed by atoms with Crippen LogP contribution in [-0.2, 0) is 17.6 Å². The van der Waals surface area contributed by atoms with E-state index in [1.54, 1.807) is 0 Å². The van der Waals surface area contributed by atoms with Gasteiger partial charge in [0, 0.05) is 11.1 Å². The number of hydrogen-bond donors (Lipinski definition) is 0. The number of aromatic nitrogens is 1. The van der Waals surface area contributed by atoms with E-state index in [2.05, 4.69) is 0 Å². The largest absolute Gasteiger partial charge is 0.459 e. The summed E-state index contributed by atoms with van der Waals surface area (Å²) < 4.78 is 5.48. The lowest BCUT2D eigenvalue weighted by Crippen LogP contribution is -2.18. The minimum Gasteiger partial charge on any atom is -0.459 e. The summed E-state index contributed by atoms with van der Waals surface area (Å²) in [6.45, 7) is 5.81. The van der Waals surface area contributed by atoms with Crippen LogP contribution in [0.3, 0.4) is 0 Å². The summed E-state index contributed by atoms with van der Waals surface area (Å²) in [6, 6.07) is 6.10. The fourth-order valence-corrected chi connectivity index (χ4v) is 3.04. The van der Waals surface area contributed by atoms with E-state index in [0.29, 0.717) is 0 Å². The van der Waals surface area contributed by atoms with Crippen molar-refractivity contribution >= 4 is 16.9 Å². The molecule has 1 heterocycles. The van der Waals surface area contributed by atoms with Gasteiger partial charge in [-0.15, -0.1) is 0 Å². The Hall–Kier alpha value is -1.90. The molecule has 1 aromatic heterocycles. The summed E-state index contributed by atoms with van der Waals surface area (Å²) in [5.74, 6) is -0.207. The third kappa shape index (κ3) is 2.65. The van der Waals surface area contributed by atoms with Crippen LogP contribution in [0, 0.1) is 6.92 Å². The van der Waals surface area contributed by atoms with E-state index in [4.69, 9.17) is 9.72 Å². The fraction of sp³-hybridized carbons (Fsp3) is 0.444. The SMILES string of the molecule is Cc1ccc2nc3c(c(C(=O)OC(C)C)c2c1)CCCC3. The fourth-order valence-electron chi connectivity index (χ4n) is 3.04. The molecular weight excluding hydrogens is 262 g/mol. The van der Waals surface area contributed by atoms with Crippen molar-refractivity contribution < 1.29 is 9.53 Å². The van der Waals surface area contributed by atoms with Gasteiger partial charge in [0.2, 0.25) is 0 Å². The molecule has 0 spiro atoms. The minimum absolute atomic E-state index is 0.107. The van der Waals surface area contributed by atoms with Crippen molar-refractivity contribution in [3.8, 4) is 0 Å². The number of hydrogen-bond acceptors (Lipinski definition) is 3. The highest BCUT2D eigenvalue weighted by Gasteiger charge is 2.24. The molecule has 1 aromatic carbocycles. The van der Waals surface area contributed by atoms with Crippen molar-refractivity contribution in [3.63, 3.8) is 0 Å². The van der Waals surface area contributed by atoms with Crippen molar-refractivity contribution in [1.82, 2.24) is 4.98 Å². The van der Waals surface area contributed by atoms with E-state index in [1.807, 2.05) is 39.0 Å². The lowest BCUT2D eigenvalue weighted by atomic mass is 9.89. The zero-order valence-corrected chi connectivity index (χ0v) is 12.9. The van der Waals surface area contributed by atoms with Gasteiger partial charge in [-0.2, -0.15) is 0 Å². The Morgan fingerprint density at radius 1 is 1.24 bits per heavy atom. The molecule has 1 aliphatic carbocycles. The monoisotopic (exact) mass is 283 g/mol. The molecule has 110 valence electrons. The molecule has 0 unspecified atom stereocenters. The van der Waals surface area contributed by atoms with Crippen molar-refractivity contribution in [2.75, 3.05) is 0 Å². The number of carbonyl (C=O) groups excluding carboxylic acids is 1. The molecular formula is C18H21NO2. The van der Waals surface area contributed by atoms with Crippen LogP contribution in [0.4, 0.5) is 0 Å². The van der Waals surface area contributed by atoms with Crippen molar-refractivity contribution in [2.24, 2.45) is 0 Å². The summed E-state index contributed by atoms with van der Waals surface area (Å²) in [6.07, 6.45) is 4.05.